The summed E-state index contributed by atoms with van der Waals surface area (Å²) in [5.74, 6) is 0.692. The number of ether oxygens (including phenoxy) is 1. The normalized spacial score (nSPS) is 10.4. The molecular weight excluding hydrogens is 308 g/mol. The van der Waals surface area contributed by atoms with E-state index in [1.54, 1.807) is 11.8 Å². The van der Waals surface area contributed by atoms with Crippen molar-refractivity contribution >= 4 is 34.7 Å². The van der Waals surface area contributed by atoms with Crippen LogP contribution in [0.5, 0.6) is 0 Å². The Morgan fingerprint density at radius 1 is 1.38 bits per heavy atom. The van der Waals surface area contributed by atoms with Crippen molar-refractivity contribution in [1.82, 2.24) is 15.1 Å². The molecule has 0 saturated heterocycles. The summed E-state index contributed by atoms with van der Waals surface area (Å²) >= 11 is 11.3. The van der Waals surface area contributed by atoms with Crippen molar-refractivity contribution in [3.8, 4) is 0 Å². The molecule has 0 spiro atoms. The van der Waals surface area contributed by atoms with Crippen molar-refractivity contribution in [3.63, 3.8) is 0 Å². The van der Waals surface area contributed by atoms with E-state index in [1.807, 2.05) is 36.5 Å². The van der Waals surface area contributed by atoms with E-state index in [4.69, 9.17) is 28.6 Å². The van der Waals surface area contributed by atoms with E-state index < -0.39 is 0 Å². The van der Waals surface area contributed by atoms with Crippen LogP contribution in [0.3, 0.4) is 0 Å². The number of rotatable bonds is 6. The summed E-state index contributed by atoms with van der Waals surface area (Å²) in [6, 6.07) is 9.58. The number of nitrogens with zero attached hydrogens (tertiary/aromatic N) is 2. The summed E-state index contributed by atoms with van der Waals surface area (Å²) in [5, 5.41) is 11.7. The average molecular weight is 325 g/mol. The second kappa shape index (κ2) is 7.97. The number of aromatic nitrogens is 2. The molecule has 0 atom stereocenters. The van der Waals surface area contributed by atoms with Gasteiger partial charge in [0.1, 0.15) is 0 Å². The van der Waals surface area contributed by atoms with Crippen LogP contribution < -0.4 is 10.6 Å². The Morgan fingerprint density at radius 2 is 2.19 bits per heavy atom. The maximum atomic E-state index is 6.14. The lowest BCUT2D eigenvalue weighted by atomic mass is 10.2. The highest BCUT2D eigenvalue weighted by molar-refractivity contribution is 7.80. The van der Waals surface area contributed by atoms with Crippen LogP contribution in [0.2, 0.25) is 5.02 Å². The van der Waals surface area contributed by atoms with E-state index in [9.17, 15) is 0 Å². The zero-order valence-electron chi connectivity index (χ0n) is 11.7. The quantitative estimate of drug-likeness (QED) is 0.631. The van der Waals surface area contributed by atoms with E-state index in [0.717, 1.165) is 10.6 Å². The lowest BCUT2D eigenvalue weighted by molar-refractivity contribution is 0.204. The zero-order chi connectivity index (χ0) is 15.1. The lowest BCUT2D eigenvalue weighted by Gasteiger charge is -2.08. The third-order valence-corrected chi connectivity index (χ3v) is 3.38. The molecule has 1 aromatic carbocycles. The first-order valence-electron chi connectivity index (χ1n) is 6.49. The smallest absolute Gasteiger partial charge is 0.172 e. The summed E-state index contributed by atoms with van der Waals surface area (Å²) in [5.41, 5.74) is 1.02. The van der Waals surface area contributed by atoms with Gasteiger partial charge in [-0.05, 0) is 23.8 Å². The Labute approximate surface area is 134 Å². The van der Waals surface area contributed by atoms with Crippen LogP contribution in [0.15, 0.2) is 36.5 Å². The van der Waals surface area contributed by atoms with E-state index in [-0.39, 0.29) is 0 Å². The molecule has 0 radical (unpaired) electrons. The van der Waals surface area contributed by atoms with Crippen molar-refractivity contribution in [2.24, 2.45) is 0 Å². The summed E-state index contributed by atoms with van der Waals surface area (Å²) in [6.45, 7) is 1.87. The van der Waals surface area contributed by atoms with Gasteiger partial charge in [-0.3, -0.25) is 4.68 Å². The first-order chi connectivity index (χ1) is 10.2. The second-order valence-electron chi connectivity index (χ2n) is 4.36. The van der Waals surface area contributed by atoms with E-state index >= 15 is 0 Å². The van der Waals surface area contributed by atoms with Crippen molar-refractivity contribution < 1.29 is 4.74 Å². The number of hydrogen-bond acceptors (Lipinski definition) is 3. The zero-order valence-corrected chi connectivity index (χ0v) is 13.2. The number of methoxy groups -OCH3 is 1. The van der Waals surface area contributed by atoms with E-state index in [2.05, 4.69) is 15.7 Å². The fraction of sp³-hybridized carbons (Fsp3) is 0.286. The van der Waals surface area contributed by atoms with Crippen molar-refractivity contribution in [3.05, 3.63) is 47.1 Å². The fourth-order valence-corrected chi connectivity index (χ4v) is 2.15. The van der Waals surface area contributed by atoms with Gasteiger partial charge in [-0.15, -0.1) is 0 Å². The Morgan fingerprint density at radius 3 is 2.95 bits per heavy atom. The third-order valence-electron chi connectivity index (χ3n) is 2.76. The van der Waals surface area contributed by atoms with Crippen LogP contribution in [0.4, 0.5) is 5.82 Å². The summed E-state index contributed by atoms with van der Waals surface area (Å²) in [6.07, 6.45) is 1.88. The molecule has 5 nitrogen and oxygen atoms in total. The Hall–Kier alpha value is -1.63. The van der Waals surface area contributed by atoms with Gasteiger partial charge in [-0.2, -0.15) is 5.10 Å². The predicted octanol–water partition coefficient (Wildman–Crippen LogP) is 2.52. The Kier molecular flexibility index (Phi) is 5.98. The number of halogens is 1. The molecule has 0 aliphatic carbocycles. The number of thiocarbonyl (C=S) groups is 1. The average Bonchev–Trinajstić information content (AvgIpc) is 2.89. The highest BCUT2D eigenvalue weighted by Crippen LogP contribution is 2.16. The minimum atomic E-state index is 0.523. The van der Waals surface area contributed by atoms with Gasteiger partial charge in [-0.1, -0.05) is 29.8 Å². The number of hydrogen-bond donors (Lipinski definition) is 2. The molecule has 0 amide bonds. The standard InChI is InChI=1S/C14H17ClN4OS/c1-20-9-7-16-14(21)17-13-6-8-19(18-13)10-11-4-2-3-5-12(11)15/h2-6,8H,7,9-10H2,1H3,(H2,16,17,18,21). The molecule has 21 heavy (non-hydrogen) atoms. The molecular formula is C14H17ClN4OS. The number of nitrogens with one attached hydrogen (secondary N) is 2. The number of benzene rings is 1. The maximum absolute atomic E-state index is 6.14. The van der Waals surface area contributed by atoms with Gasteiger partial charge >= 0.3 is 0 Å². The van der Waals surface area contributed by atoms with Crippen LogP contribution >= 0.6 is 23.8 Å². The van der Waals surface area contributed by atoms with Crippen LogP contribution in [0, 0.1) is 0 Å². The highest BCUT2D eigenvalue weighted by atomic mass is 35.5. The lowest BCUT2D eigenvalue weighted by Crippen LogP contribution is -2.31. The highest BCUT2D eigenvalue weighted by Gasteiger charge is 2.04. The Bertz CT molecular complexity index is 602. The van der Waals surface area contributed by atoms with Gasteiger partial charge in [-0.25, -0.2) is 0 Å². The molecule has 0 unspecified atom stereocenters. The fourth-order valence-electron chi connectivity index (χ4n) is 1.74. The monoisotopic (exact) mass is 324 g/mol. The van der Waals surface area contributed by atoms with Gasteiger partial charge in [0.15, 0.2) is 10.9 Å². The molecule has 112 valence electrons. The molecule has 2 rings (SSSR count). The molecule has 2 aromatic rings. The summed E-state index contributed by atoms with van der Waals surface area (Å²) < 4.78 is 6.75. The molecule has 2 N–H and O–H groups in total. The van der Waals surface area contributed by atoms with Gasteiger partial charge in [0.05, 0.1) is 13.2 Å². The molecule has 1 heterocycles. The van der Waals surface area contributed by atoms with Gasteiger partial charge in [0.2, 0.25) is 0 Å². The second-order valence-corrected chi connectivity index (χ2v) is 5.18. The molecule has 0 aliphatic rings. The molecule has 1 aromatic heterocycles. The van der Waals surface area contributed by atoms with Gasteiger partial charge in [0.25, 0.3) is 0 Å². The predicted molar refractivity (Wildman–Crippen MR) is 88.9 cm³/mol. The molecule has 0 fully saturated rings. The van der Waals surface area contributed by atoms with E-state index in [0.29, 0.717) is 30.6 Å². The largest absolute Gasteiger partial charge is 0.383 e. The summed E-state index contributed by atoms with van der Waals surface area (Å²) in [7, 11) is 1.65. The van der Waals surface area contributed by atoms with Crippen LogP contribution in [-0.2, 0) is 11.3 Å². The molecule has 7 heteroatoms. The van der Waals surface area contributed by atoms with Crippen molar-refractivity contribution in [1.29, 1.82) is 0 Å². The summed E-state index contributed by atoms with van der Waals surface area (Å²) in [4.78, 5) is 0. The minimum Gasteiger partial charge on any atom is -0.383 e. The number of anilines is 1. The SMILES string of the molecule is COCCNC(=S)Nc1ccn(Cc2ccccc2Cl)n1. The molecule has 0 bridgehead atoms. The van der Waals surface area contributed by atoms with Crippen LogP contribution in [0.25, 0.3) is 0 Å². The van der Waals surface area contributed by atoms with Crippen LogP contribution in [0.1, 0.15) is 5.56 Å². The van der Waals surface area contributed by atoms with Crippen molar-refractivity contribution in [2.75, 3.05) is 25.6 Å². The molecule has 0 aliphatic heterocycles. The minimum absolute atomic E-state index is 0.523. The first-order valence-corrected chi connectivity index (χ1v) is 7.28. The van der Waals surface area contributed by atoms with Crippen molar-refractivity contribution in [2.45, 2.75) is 6.54 Å². The van der Waals surface area contributed by atoms with Crippen LogP contribution in [-0.4, -0.2) is 35.2 Å². The first kappa shape index (κ1) is 15.8. The third kappa shape index (κ3) is 5.00. The van der Waals surface area contributed by atoms with Gasteiger partial charge < -0.3 is 15.4 Å². The topological polar surface area (TPSA) is 51.1 Å². The molecule has 0 saturated carbocycles. The Balaban J connectivity index is 1.89. The maximum Gasteiger partial charge on any atom is 0.172 e. The van der Waals surface area contributed by atoms with Gasteiger partial charge in [0, 0.05) is 30.9 Å². The van der Waals surface area contributed by atoms with E-state index in [1.165, 1.54) is 0 Å².